The van der Waals surface area contributed by atoms with Gasteiger partial charge in [-0.1, -0.05) is 25.5 Å². The van der Waals surface area contributed by atoms with Crippen LogP contribution < -0.4 is 4.74 Å². The molecule has 2 rings (SSSR count). The topological polar surface area (TPSA) is 66.8 Å². The van der Waals surface area contributed by atoms with E-state index in [9.17, 15) is 28.2 Å². The van der Waals surface area contributed by atoms with Crippen molar-refractivity contribution in [3.63, 3.8) is 0 Å². The summed E-state index contributed by atoms with van der Waals surface area (Å²) < 4.78 is 43.5. The van der Waals surface area contributed by atoms with Crippen molar-refractivity contribution in [2.24, 2.45) is 0 Å². The third-order valence-corrected chi connectivity index (χ3v) is 4.07. The van der Waals surface area contributed by atoms with Crippen molar-refractivity contribution in [1.29, 1.82) is 0 Å². The highest BCUT2D eigenvalue weighted by Crippen LogP contribution is 2.30. The average Bonchev–Trinajstić information content (AvgIpc) is 2.63. The molecule has 0 amide bonds. The molecule has 0 aliphatic carbocycles. The van der Waals surface area contributed by atoms with E-state index in [1.807, 2.05) is 6.92 Å². The van der Waals surface area contributed by atoms with Crippen LogP contribution in [0, 0.1) is 0 Å². The Morgan fingerprint density at radius 2 is 1.82 bits per heavy atom. The van der Waals surface area contributed by atoms with Crippen LogP contribution in [0.25, 0.3) is 6.08 Å². The minimum atomic E-state index is -4.40. The molecule has 2 N–H and O–H groups in total. The third kappa shape index (κ3) is 6.04. The van der Waals surface area contributed by atoms with E-state index in [-0.39, 0.29) is 17.9 Å². The molecule has 28 heavy (non-hydrogen) atoms. The number of aromatic hydroxyl groups is 1. The van der Waals surface area contributed by atoms with Crippen LogP contribution in [-0.4, -0.2) is 16.2 Å². The number of hydrogen-bond acceptors (Lipinski definition) is 3. The molecule has 2 aromatic rings. The van der Waals surface area contributed by atoms with E-state index in [4.69, 9.17) is 4.74 Å². The molecule has 0 atom stereocenters. The number of alkyl halides is 3. The SMILES string of the molecule is CCCC/C(=C\c1cc(O)ccc1OCc1ccc(C(F)(F)F)cc1)C(=O)O. The van der Waals surface area contributed by atoms with Gasteiger partial charge in [-0.15, -0.1) is 0 Å². The number of halogens is 3. The number of ether oxygens (including phenoxy) is 1. The Morgan fingerprint density at radius 1 is 1.14 bits per heavy atom. The molecule has 4 nitrogen and oxygen atoms in total. The predicted octanol–water partition coefficient (Wildman–Crippen LogP) is 5.65. The Morgan fingerprint density at radius 3 is 2.39 bits per heavy atom. The van der Waals surface area contributed by atoms with Gasteiger partial charge in [-0.3, -0.25) is 0 Å². The van der Waals surface area contributed by atoms with E-state index in [2.05, 4.69) is 0 Å². The number of benzene rings is 2. The van der Waals surface area contributed by atoms with Crippen LogP contribution in [-0.2, 0) is 17.6 Å². The molecule has 150 valence electrons. The first-order valence-electron chi connectivity index (χ1n) is 8.76. The lowest BCUT2D eigenvalue weighted by Crippen LogP contribution is -2.05. The Labute approximate surface area is 160 Å². The van der Waals surface area contributed by atoms with E-state index >= 15 is 0 Å². The smallest absolute Gasteiger partial charge is 0.416 e. The fourth-order valence-electron chi connectivity index (χ4n) is 2.53. The first-order chi connectivity index (χ1) is 13.2. The molecule has 0 aliphatic rings. The van der Waals surface area contributed by atoms with Gasteiger partial charge in [-0.2, -0.15) is 13.2 Å². The summed E-state index contributed by atoms with van der Waals surface area (Å²) in [4.78, 5) is 11.4. The second-order valence-electron chi connectivity index (χ2n) is 6.28. The van der Waals surface area contributed by atoms with Gasteiger partial charge in [0.05, 0.1) is 5.56 Å². The van der Waals surface area contributed by atoms with E-state index in [1.54, 1.807) is 0 Å². The van der Waals surface area contributed by atoms with Crippen molar-refractivity contribution in [1.82, 2.24) is 0 Å². The van der Waals surface area contributed by atoms with E-state index in [0.717, 1.165) is 18.6 Å². The van der Waals surface area contributed by atoms with E-state index < -0.39 is 17.7 Å². The Hall–Kier alpha value is -2.96. The van der Waals surface area contributed by atoms with Crippen molar-refractivity contribution in [2.45, 2.75) is 39.0 Å². The summed E-state index contributed by atoms with van der Waals surface area (Å²) >= 11 is 0. The van der Waals surface area contributed by atoms with Crippen molar-refractivity contribution in [3.05, 3.63) is 64.7 Å². The van der Waals surface area contributed by atoms with Crippen LogP contribution in [0.5, 0.6) is 11.5 Å². The Balaban J connectivity index is 2.21. The molecule has 0 saturated carbocycles. The van der Waals surface area contributed by atoms with Crippen molar-refractivity contribution >= 4 is 12.0 Å². The molecule has 0 bridgehead atoms. The minimum absolute atomic E-state index is 0.00111. The van der Waals surface area contributed by atoms with Crippen LogP contribution in [0.4, 0.5) is 13.2 Å². The van der Waals surface area contributed by atoms with Crippen molar-refractivity contribution in [2.75, 3.05) is 0 Å². The highest BCUT2D eigenvalue weighted by Gasteiger charge is 2.29. The first kappa shape index (κ1) is 21.3. The van der Waals surface area contributed by atoms with Gasteiger partial charge in [0.1, 0.15) is 18.1 Å². The van der Waals surface area contributed by atoms with Gasteiger partial charge in [-0.05, 0) is 54.8 Å². The molecule has 0 fully saturated rings. The van der Waals surface area contributed by atoms with Crippen LogP contribution in [0.15, 0.2) is 48.0 Å². The first-order valence-corrected chi connectivity index (χ1v) is 8.76. The lowest BCUT2D eigenvalue weighted by Gasteiger charge is -2.12. The number of rotatable bonds is 8. The molecule has 0 saturated heterocycles. The zero-order valence-corrected chi connectivity index (χ0v) is 15.3. The summed E-state index contributed by atoms with van der Waals surface area (Å²) in [7, 11) is 0. The number of carboxylic acids is 1. The fourth-order valence-corrected chi connectivity index (χ4v) is 2.53. The number of carbonyl (C=O) groups is 1. The van der Waals surface area contributed by atoms with Gasteiger partial charge >= 0.3 is 12.1 Å². The summed E-state index contributed by atoms with van der Waals surface area (Å²) in [6, 6.07) is 8.87. The summed E-state index contributed by atoms with van der Waals surface area (Å²) in [6.07, 6.45) is -1.04. The van der Waals surface area contributed by atoms with Crippen molar-refractivity contribution < 1.29 is 32.9 Å². The number of carboxylic acid groups (broad SMARTS) is 1. The number of aliphatic carboxylic acids is 1. The molecular formula is C21H21F3O4. The van der Waals surface area contributed by atoms with Gasteiger partial charge in [0.25, 0.3) is 0 Å². The predicted molar refractivity (Wildman–Crippen MR) is 99.0 cm³/mol. The van der Waals surface area contributed by atoms with Gasteiger partial charge in [0, 0.05) is 11.1 Å². The number of unbranched alkanes of at least 4 members (excludes halogenated alkanes) is 1. The highest BCUT2D eigenvalue weighted by atomic mass is 19.4. The monoisotopic (exact) mass is 394 g/mol. The van der Waals surface area contributed by atoms with Crippen LogP contribution in [0.2, 0.25) is 0 Å². The quantitative estimate of drug-likeness (QED) is 0.568. The molecular weight excluding hydrogens is 373 g/mol. The maximum Gasteiger partial charge on any atom is 0.416 e. The standard InChI is InChI=1S/C21H21F3O4/c1-2-3-4-15(20(26)27)11-16-12-18(25)9-10-19(16)28-13-14-5-7-17(8-6-14)21(22,23)24/h5-12,25H,2-4,13H2,1H3,(H,26,27)/b15-11+. The maximum atomic E-state index is 12.6. The number of hydrogen-bond donors (Lipinski definition) is 2. The summed E-state index contributed by atoms with van der Waals surface area (Å²) in [5.74, 6) is -0.771. The van der Waals surface area contributed by atoms with Gasteiger partial charge < -0.3 is 14.9 Å². The number of phenols is 1. The van der Waals surface area contributed by atoms with Gasteiger partial charge in [-0.25, -0.2) is 4.79 Å². The van der Waals surface area contributed by atoms with Gasteiger partial charge in [0.2, 0.25) is 0 Å². The fraction of sp³-hybridized carbons (Fsp3) is 0.286. The zero-order valence-electron chi connectivity index (χ0n) is 15.3. The molecule has 0 radical (unpaired) electrons. The molecule has 2 aromatic carbocycles. The lowest BCUT2D eigenvalue weighted by molar-refractivity contribution is -0.137. The van der Waals surface area contributed by atoms with Crippen LogP contribution in [0.1, 0.15) is 42.9 Å². The lowest BCUT2D eigenvalue weighted by atomic mass is 10.0. The highest BCUT2D eigenvalue weighted by molar-refractivity contribution is 5.92. The van der Waals surface area contributed by atoms with E-state index in [1.165, 1.54) is 36.4 Å². The Bertz CT molecular complexity index is 840. The second kappa shape index (κ2) is 9.30. The Kier molecular flexibility index (Phi) is 7.09. The zero-order chi connectivity index (χ0) is 20.7. The maximum absolute atomic E-state index is 12.6. The van der Waals surface area contributed by atoms with Crippen LogP contribution >= 0.6 is 0 Å². The van der Waals surface area contributed by atoms with Crippen LogP contribution in [0.3, 0.4) is 0 Å². The second-order valence-corrected chi connectivity index (χ2v) is 6.28. The molecule has 0 aliphatic heterocycles. The van der Waals surface area contributed by atoms with Crippen molar-refractivity contribution in [3.8, 4) is 11.5 Å². The third-order valence-electron chi connectivity index (χ3n) is 4.07. The normalized spacial score (nSPS) is 12.1. The summed E-state index contributed by atoms with van der Waals surface area (Å²) in [5.41, 5.74) is 0.360. The molecule has 0 spiro atoms. The summed E-state index contributed by atoms with van der Waals surface area (Å²) in [5, 5.41) is 19.1. The molecule has 0 heterocycles. The average molecular weight is 394 g/mol. The largest absolute Gasteiger partial charge is 0.508 e. The van der Waals surface area contributed by atoms with E-state index in [0.29, 0.717) is 29.7 Å². The minimum Gasteiger partial charge on any atom is -0.508 e. The molecule has 7 heteroatoms. The molecule has 0 aromatic heterocycles. The molecule has 0 unspecified atom stereocenters. The van der Waals surface area contributed by atoms with Gasteiger partial charge in [0.15, 0.2) is 0 Å². The number of phenolic OH excluding ortho intramolecular Hbond substituents is 1. The summed E-state index contributed by atoms with van der Waals surface area (Å²) in [6.45, 7) is 1.95.